The van der Waals surface area contributed by atoms with Gasteiger partial charge in [-0.05, 0) is 44.9 Å². The van der Waals surface area contributed by atoms with E-state index >= 15 is 0 Å². The maximum atomic E-state index is 4.59. The van der Waals surface area contributed by atoms with Crippen molar-refractivity contribution in [3.63, 3.8) is 0 Å². The number of aromatic nitrogens is 2. The third-order valence-corrected chi connectivity index (χ3v) is 5.21. The molecule has 1 N–H and O–H groups in total. The number of hydrogen-bond acceptors (Lipinski definition) is 3. The van der Waals surface area contributed by atoms with Crippen molar-refractivity contribution in [2.75, 3.05) is 7.05 Å². The van der Waals surface area contributed by atoms with Crippen molar-refractivity contribution in [2.45, 2.75) is 50.4 Å². The molecule has 2 unspecified atom stereocenters. The highest BCUT2D eigenvalue weighted by Crippen LogP contribution is 2.29. The van der Waals surface area contributed by atoms with Gasteiger partial charge in [0.25, 0.3) is 0 Å². The summed E-state index contributed by atoms with van der Waals surface area (Å²) in [6.45, 7) is 0.909. The molecule has 4 heteroatoms. The minimum absolute atomic E-state index is 0.680. The van der Waals surface area contributed by atoms with E-state index in [1.807, 2.05) is 6.20 Å². The van der Waals surface area contributed by atoms with Crippen LogP contribution in [-0.4, -0.2) is 39.6 Å². The smallest absolute Gasteiger partial charge is 0.127 e. The Morgan fingerprint density at radius 3 is 2.64 bits per heavy atom. The standard InChI is InChI=1S/C18H24N4/c1-21(17-11-14-7-8-15(12-17)20-14)13-18-19-9-10-22(18)16-5-3-2-4-6-16/h2-6,9-10,14-15,17,20H,7-8,11-13H2,1H3. The molecule has 0 spiro atoms. The van der Waals surface area contributed by atoms with Crippen molar-refractivity contribution in [3.05, 3.63) is 48.5 Å². The minimum atomic E-state index is 0.680. The number of rotatable bonds is 4. The maximum absolute atomic E-state index is 4.59. The molecule has 3 heterocycles. The summed E-state index contributed by atoms with van der Waals surface area (Å²) in [5.74, 6) is 1.12. The fraction of sp³-hybridized carbons (Fsp3) is 0.500. The molecule has 0 saturated carbocycles. The van der Waals surface area contributed by atoms with Crippen molar-refractivity contribution >= 4 is 0 Å². The third kappa shape index (κ3) is 2.69. The average molecular weight is 296 g/mol. The molecule has 0 aliphatic carbocycles. The van der Waals surface area contributed by atoms with Crippen LogP contribution in [0.1, 0.15) is 31.5 Å². The van der Waals surface area contributed by atoms with Gasteiger partial charge in [-0.2, -0.15) is 0 Å². The molecule has 116 valence electrons. The van der Waals surface area contributed by atoms with Gasteiger partial charge in [0.2, 0.25) is 0 Å². The zero-order chi connectivity index (χ0) is 14.9. The van der Waals surface area contributed by atoms with Crippen molar-refractivity contribution < 1.29 is 0 Å². The van der Waals surface area contributed by atoms with E-state index in [9.17, 15) is 0 Å². The largest absolute Gasteiger partial charge is 0.311 e. The Bertz CT molecular complexity index is 609. The molecule has 22 heavy (non-hydrogen) atoms. The molecular weight excluding hydrogens is 272 g/mol. The van der Waals surface area contributed by atoms with Crippen LogP contribution in [0.25, 0.3) is 5.69 Å². The molecule has 2 aliphatic heterocycles. The topological polar surface area (TPSA) is 33.1 Å². The monoisotopic (exact) mass is 296 g/mol. The third-order valence-electron chi connectivity index (χ3n) is 5.21. The molecule has 2 fully saturated rings. The Morgan fingerprint density at radius 1 is 1.18 bits per heavy atom. The second kappa shape index (κ2) is 5.86. The van der Waals surface area contributed by atoms with Crippen molar-refractivity contribution in [3.8, 4) is 5.69 Å². The summed E-state index contributed by atoms with van der Waals surface area (Å²) in [6.07, 6.45) is 9.23. The van der Waals surface area contributed by atoms with Crippen molar-refractivity contribution in [1.82, 2.24) is 19.8 Å². The fourth-order valence-electron chi connectivity index (χ4n) is 4.01. The Morgan fingerprint density at radius 2 is 1.91 bits per heavy atom. The zero-order valence-electron chi connectivity index (χ0n) is 13.2. The molecule has 4 nitrogen and oxygen atoms in total. The van der Waals surface area contributed by atoms with E-state index in [-0.39, 0.29) is 0 Å². The van der Waals surface area contributed by atoms with Gasteiger partial charge in [-0.15, -0.1) is 0 Å². The summed E-state index contributed by atoms with van der Waals surface area (Å²) in [6, 6.07) is 12.6. The first-order chi connectivity index (χ1) is 10.8. The lowest BCUT2D eigenvalue weighted by Gasteiger charge is -2.35. The van der Waals surface area contributed by atoms with Crippen LogP contribution in [0, 0.1) is 0 Å². The first kappa shape index (κ1) is 14.0. The number of para-hydroxylation sites is 1. The highest BCUT2D eigenvalue weighted by molar-refractivity contribution is 5.32. The lowest BCUT2D eigenvalue weighted by molar-refractivity contribution is 0.162. The quantitative estimate of drug-likeness (QED) is 0.941. The van der Waals surface area contributed by atoms with Crippen LogP contribution in [0.3, 0.4) is 0 Å². The summed E-state index contributed by atoms with van der Waals surface area (Å²) in [4.78, 5) is 7.08. The molecule has 0 amide bonds. The number of fused-ring (bicyclic) bond motifs is 2. The molecule has 4 rings (SSSR count). The van der Waals surface area contributed by atoms with E-state index in [1.54, 1.807) is 0 Å². The van der Waals surface area contributed by atoms with Crippen LogP contribution in [0.5, 0.6) is 0 Å². The Hall–Kier alpha value is -1.65. The summed E-state index contributed by atoms with van der Waals surface area (Å²) < 4.78 is 2.20. The molecule has 2 aliphatic rings. The minimum Gasteiger partial charge on any atom is -0.311 e. The molecule has 2 bridgehead atoms. The van der Waals surface area contributed by atoms with E-state index in [4.69, 9.17) is 0 Å². The van der Waals surface area contributed by atoms with Crippen LogP contribution in [0.15, 0.2) is 42.7 Å². The molecule has 1 aromatic carbocycles. The van der Waals surface area contributed by atoms with Crippen LogP contribution in [0.2, 0.25) is 0 Å². The van der Waals surface area contributed by atoms with Gasteiger partial charge in [0.15, 0.2) is 0 Å². The molecule has 2 atom stereocenters. The highest BCUT2D eigenvalue weighted by atomic mass is 15.2. The van der Waals surface area contributed by atoms with Crippen LogP contribution in [0.4, 0.5) is 0 Å². The number of benzene rings is 1. The lowest BCUT2D eigenvalue weighted by Crippen LogP contribution is -2.46. The first-order valence-corrected chi connectivity index (χ1v) is 8.33. The Kier molecular flexibility index (Phi) is 3.72. The first-order valence-electron chi connectivity index (χ1n) is 8.33. The van der Waals surface area contributed by atoms with E-state index in [1.165, 1.54) is 31.4 Å². The average Bonchev–Trinajstić information content (AvgIpc) is 3.14. The molecule has 0 radical (unpaired) electrons. The predicted molar refractivity (Wildman–Crippen MR) is 88.0 cm³/mol. The Balaban J connectivity index is 1.49. The second-order valence-electron chi connectivity index (χ2n) is 6.73. The van der Waals surface area contributed by atoms with Crippen LogP contribution in [-0.2, 0) is 6.54 Å². The number of hydrogen-bond donors (Lipinski definition) is 1. The molecule has 2 saturated heterocycles. The van der Waals surface area contributed by atoms with E-state index < -0.39 is 0 Å². The zero-order valence-corrected chi connectivity index (χ0v) is 13.2. The highest BCUT2D eigenvalue weighted by Gasteiger charge is 2.35. The lowest BCUT2D eigenvalue weighted by atomic mass is 9.98. The van der Waals surface area contributed by atoms with Crippen molar-refractivity contribution in [1.29, 1.82) is 0 Å². The van der Waals surface area contributed by atoms with E-state index in [0.29, 0.717) is 6.04 Å². The number of piperidine rings is 1. The molecular formula is C18H24N4. The van der Waals surface area contributed by atoms with Gasteiger partial charge >= 0.3 is 0 Å². The van der Waals surface area contributed by atoms with Gasteiger partial charge in [-0.1, -0.05) is 18.2 Å². The summed E-state index contributed by atoms with van der Waals surface area (Å²) in [5, 5.41) is 3.72. The van der Waals surface area contributed by atoms with E-state index in [2.05, 4.69) is 63.3 Å². The normalized spacial score (nSPS) is 27.5. The van der Waals surface area contributed by atoms with Gasteiger partial charge in [-0.3, -0.25) is 4.90 Å². The van der Waals surface area contributed by atoms with Gasteiger partial charge in [0.1, 0.15) is 5.82 Å². The van der Waals surface area contributed by atoms with Crippen LogP contribution >= 0.6 is 0 Å². The van der Waals surface area contributed by atoms with Gasteiger partial charge in [0.05, 0.1) is 6.54 Å². The molecule has 2 aromatic rings. The summed E-state index contributed by atoms with van der Waals surface area (Å²) in [5.41, 5.74) is 1.19. The number of imidazole rings is 1. The summed E-state index contributed by atoms with van der Waals surface area (Å²) in [7, 11) is 2.25. The Labute approximate surface area is 132 Å². The number of nitrogens with one attached hydrogen (secondary N) is 1. The predicted octanol–water partition coefficient (Wildman–Crippen LogP) is 2.59. The summed E-state index contributed by atoms with van der Waals surface area (Å²) >= 11 is 0. The molecule has 1 aromatic heterocycles. The maximum Gasteiger partial charge on any atom is 0.127 e. The second-order valence-corrected chi connectivity index (χ2v) is 6.73. The SMILES string of the molecule is CN(Cc1nccn1-c1ccccc1)C1CC2CCC(C1)N2. The van der Waals surface area contributed by atoms with Crippen molar-refractivity contribution in [2.24, 2.45) is 0 Å². The van der Waals surface area contributed by atoms with Crippen LogP contribution < -0.4 is 5.32 Å². The van der Waals surface area contributed by atoms with Gasteiger partial charge in [-0.25, -0.2) is 4.98 Å². The van der Waals surface area contributed by atoms with E-state index in [0.717, 1.165) is 24.5 Å². The van der Waals surface area contributed by atoms with Gasteiger partial charge in [0, 0.05) is 36.2 Å². The van der Waals surface area contributed by atoms with Gasteiger partial charge < -0.3 is 9.88 Å². The number of nitrogens with zero attached hydrogens (tertiary/aromatic N) is 3. The fourth-order valence-corrected chi connectivity index (χ4v) is 4.01.